The highest BCUT2D eigenvalue weighted by atomic mass is 35.5. The van der Waals surface area contributed by atoms with E-state index in [0.29, 0.717) is 27.6 Å². The molecule has 1 aromatic heterocycles. The van der Waals surface area contributed by atoms with Gasteiger partial charge in [-0.25, -0.2) is 4.79 Å². The summed E-state index contributed by atoms with van der Waals surface area (Å²) in [4.78, 5) is 11.4. The van der Waals surface area contributed by atoms with Gasteiger partial charge in [-0.1, -0.05) is 17.7 Å². The number of rotatable bonds is 3. The van der Waals surface area contributed by atoms with Crippen molar-refractivity contribution in [2.24, 2.45) is 7.05 Å². The molecule has 0 fully saturated rings. The Hall–Kier alpha value is -2.66. The predicted octanol–water partition coefficient (Wildman–Crippen LogP) is 3.90. The number of ether oxygens (including phenoxy) is 1. The lowest BCUT2D eigenvalue weighted by atomic mass is 10.1. The first kappa shape index (κ1) is 14.3. The smallest absolute Gasteiger partial charge is 0.336 e. The summed E-state index contributed by atoms with van der Waals surface area (Å²) in [5.41, 5.74) is 7.22. The summed E-state index contributed by atoms with van der Waals surface area (Å²) in [6.45, 7) is 0. The van der Waals surface area contributed by atoms with Gasteiger partial charge in [-0.3, -0.25) is 0 Å². The molecule has 6 heteroatoms. The van der Waals surface area contributed by atoms with Crippen LogP contribution in [0.2, 0.25) is 5.02 Å². The number of aryl methyl sites for hydroxylation is 1. The lowest BCUT2D eigenvalue weighted by Crippen LogP contribution is -1.98. The highest BCUT2D eigenvalue weighted by Gasteiger charge is 2.17. The topological polar surface area (TPSA) is 77.5 Å². The zero-order valence-corrected chi connectivity index (χ0v) is 12.5. The molecule has 0 amide bonds. The predicted molar refractivity (Wildman–Crippen MR) is 85.8 cm³/mol. The van der Waals surface area contributed by atoms with Gasteiger partial charge in [0.15, 0.2) is 11.5 Å². The molecular weight excluding hydrogens is 304 g/mol. The molecule has 0 aliphatic heterocycles. The molecule has 0 saturated carbocycles. The second-order valence-electron chi connectivity index (χ2n) is 4.89. The van der Waals surface area contributed by atoms with Gasteiger partial charge >= 0.3 is 5.97 Å². The van der Waals surface area contributed by atoms with Crippen LogP contribution in [0.5, 0.6) is 11.5 Å². The fourth-order valence-electron chi connectivity index (χ4n) is 2.39. The number of carboxylic acid groups (broad SMARTS) is 1. The third-order valence-corrected chi connectivity index (χ3v) is 3.64. The van der Waals surface area contributed by atoms with Gasteiger partial charge < -0.3 is 20.1 Å². The number of aromatic carboxylic acids is 1. The van der Waals surface area contributed by atoms with Gasteiger partial charge in [0.1, 0.15) is 0 Å². The van der Waals surface area contributed by atoms with Crippen molar-refractivity contribution in [3.05, 3.63) is 53.2 Å². The summed E-state index contributed by atoms with van der Waals surface area (Å²) in [7, 11) is 1.83. The maximum atomic E-state index is 11.4. The minimum atomic E-state index is -1.01. The van der Waals surface area contributed by atoms with E-state index >= 15 is 0 Å². The van der Waals surface area contributed by atoms with Crippen LogP contribution in [0.1, 0.15) is 10.4 Å². The average Bonchev–Trinajstić information content (AvgIpc) is 2.78. The van der Waals surface area contributed by atoms with Gasteiger partial charge in [0.2, 0.25) is 0 Å². The second-order valence-corrected chi connectivity index (χ2v) is 5.33. The molecule has 0 saturated heterocycles. The van der Waals surface area contributed by atoms with Crippen LogP contribution < -0.4 is 10.5 Å². The van der Waals surface area contributed by atoms with Crippen LogP contribution in [-0.4, -0.2) is 15.6 Å². The number of nitrogen functional groups attached to an aromatic ring is 1. The Balaban J connectivity index is 2.17. The standard InChI is InChI=1S/C16H13ClN2O3/c1-19-8-14(22-13-6-5-9(17)7-11(13)18)15-10(16(20)21)3-2-4-12(15)19/h2-8H,18H2,1H3,(H,20,21). The number of hydrogen-bond donors (Lipinski definition) is 2. The largest absolute Gasteiger partial charge is 0.478 e. The van der Waals surface area contributed by atoms with Crippen LogP contribution in [0.15, 0.2) is 42.6 Å². The van der Waals surface area contributed by atoms with E-state index in [2.05, 4.69) is 0 Å². The number of nitrogens with two attached hydrogens (primary N) is 1. The number of carboxylic acids is 1. The van der Waals surface area contributed by atoms with E-state index in [1.165, 1.54) is 0 Å². The zero-order valence-electron chi connectivity index (χ0n) is 11.7. The zero-order chi connectivity index (χ0) is 15.9. The minimum absolute atomic E-state index is 0.181. The number of hydrogen-bond acceptors (Lipinski definition) is 3. The van der Waals surface area contributed by atoms with E-state index in [-0.39, 0.29) is 5.56 Å². The summed E-state index contributed by atoms with van der Waals surface area (Å²) in [6.07, 6.45) is 1.73. The summed E-state index contributed by atoms with van der Waals surface area (Å²) in [6, 6.07) is 9.98. The van der Waals surface area contributed by atoms with Crippen molar-refractivity contribution >= 4 is 34.2 Å². The van der Waals surface area contributed by atoms with Crippen molar-refractivity contribution < 1.29 is 14.6 Å². The molecule has 22 heavy (non-hydrogen) atoms. The van der Waals surface area contributed by atoms with Crippen molar-refractivity contribution in [3.63, 3.8) is 0 Å². The van der Waals surface area contributed by atoms with E-state index in [9.17, 15) is 9.90 Å². The lowest BCUT2D eigenvalue weighted by Gasteiger charge is -2.08. The highest BCUT2D eigenvalue weighted by Crippen LogP contribution is 2.36. The number of anilines is 1. The number of benzene rings is 2. The van der Waals surface area contributed by atoms with Crippen LogP contribution in [0.3, 0.4) is 0 Å². The lowest BCUT2D eigenvalue weighted by molar-refractivity contribution is 0.0699. The molecule has 5 nitrogen and oxygen atoms in total. The molecule has 0 unspecified atom stereocenters. The average molecular weight is 317 g/mol. The van der Waals surface area contributed by atoms with Gasteiger partial charge in [0, 0.05) is 18.3 Å². The summed E-state index contributed by atoms with van der Waals surface area (Å²) < 4.78 is 7.63. The first-order valence-corrected chi connectivity index (χ1v) is 6.89. The summed E-state index contributed by atoms with van der Waals surface area (Å²) in [5.74, 6) is -0.146. The molecule has 1 heterocycles. The fourth-order valence-corrected chi connectivity index (χ4v) is 2.57. The minimum Gasteiger partial charge on any atom is -0.478 e. The number of fused-ring (bicyclic) bond motifs is 1. The molecule has 2 aromatic carbocycles. The molecular formula is C16H13ClN2O3. The van der Waals surface area contributed by atoms with E-state index in [1.807, 2.05) is 17.7 Å². The van der Waals surface area contributed by atoms with E-state index in [4.69, 9.17) is 22.1 Å². The number of halogens is 1. The summed E-state index contributed by atoms with van der Waals surface area (Å²) >= 11 is 5.87. The molecule has 0 aliphatic rings. The number of nitrogens with zero attached hydrogens (tertiary/aromatic N) is 1. The molecule has 0 radical (unpaired) electrons. The molecule has 0 spiro atoms. The SMILES string of the molecule is Cn1cc(Oc2ccc(Cl)cc2N)c2c(C(=O)O)cccc21. The molecule has 0 atom stereocenters. The molecule has 3 N–H and O–H groups in total. The van der Waals surface area contributed by atoms with Crippen LogP contribution in [0.4, 0.5) is 5.69 Å². The Morgan fingerprint density at radius 2 is 2.05 bits per heavy atom. The van der Waals surface area contributed by atoms with Gasteiger partial charge in [-0.15, -0.1) is 0 Å². The van der Waals surface area contributed by atoms with Gasteiger partial charge in [0.25, 0.3) is 0 Å². The normalized spacial score (nSPS) is 10.8. The van der Waals surface area contributed by atoms with Crippen molar-refractivity contribution in [1.82, 2.24) is 4.57 Å². The quantitative estimate of drug-likeness (QED) is 0.718. The second kappa shape index (κ2) is 5.27. The maximum absolute atomic E-state index is 11.4. The van der Waals surface area contributed by atoms with Crippen LogP contribution in [0.25, 0.3) is 10.9 Å². The first-order chi connectivity index (χ1) is 10.5. The van der Waals surface area contributed by atoms with E-state index < -0.39 is 5.97 Å². The number of carbonyl (C=O) groups is 1. The molecule has 112 valence electrons. The third-order valence-electron chi connectivity index (χ3n) is 3.40. The maximum Gasteiger partial charge on any atom is 0.336 e. The van der Waals surface area contributed by atoms with Crippen molar-refractivity contribution in [3.8, 4) is 11.5 Å². The first-order valence-electron chi connectivity index (χ1n) is 6.51. The van der Waals surface area contributed by atoms with Crippen molar-refractivity contribution in [2.45, 2.75) is 0 Å². The van der Waals surface area contributed by atoms with Crippen molar-refractivity contribution in [1.29, 1.82) is 0 Å². The summed E-state index contributed by atoms with van der Waals surface area (Å²) in [5, 5.41) is 10.4. The number of aromatic nitrogens is 1. The molecule has 3 aromatic rings. The van der Waals surface area contributed by atoms with Crippen LogP contribution >= 0.6 is 11.6 Å². The Morgan fingerprint density at radius 3 is 2.73 bits per heavy atom. The molecule has 0 aliphatic carbocycles. The monoisotopic (exact) mass is 316 g/mol. The van der Waals surface area contributed by atoms with E-state index in [1.54, 1.807) is 36.5 Å². The van der Waals surface area contributed by atoms with Crippen LogP contribution in [-0.2, 0) is 7.05 Å². The highest BCUT2D eigenvalue weighted by molar-refractivity contribution is 6.30. The van der Waals surface area contributed by atoms with E-state index in [0.717, 1.165) is 5.52 Å². The molecule has 0 bridgehead atoms. The Kier molecular flexibility index (Phi) is 3.42. The Morgan fingerprint density at radius 1 is 1.27 bits per heavy atom. The van der Waals surface area contributed by atoms with Crippen molar-refractivity contribution in [2.75, 3.05) is 5.73 Å². The van der Waals surface area contributed by atoms with Gasteiger partial charge in [-0.2, -0.15) is 0 Å². The van der Waals surface area contributed by atoms with Gasteiger partial charge in [0.05, 0.1) is 22.2 Å². The Bertz CT molecular complexity index is 886. The molecule has 3 rings (SSSR count). The fraction of sp³-hybridized carbons (Fsp3) is 0.0625. The van der Waals surface area contributed by atoms with Crippen LogP contribution in [0, 0.1) is 0 Å². The Labute approximate surface area is 131 Å². The third kappa shape index (κ3) is 2.35. The van der Waals surface area contributed by atoms with Gasteiger partial charge in [-0.05, 0) is 30.3 Å².